The fourth-order valence-electron chi connectivity index (χ4n) is 2.17. The number of halogens is 4. The zero-order valence-corrected chi connectivity index (χ0v) is 11.8. The minimum Gasteiger partial charge on any atom is -0.338 e. The molecule has 1 fully saturated rings. The number of nitrogens with zero attached hydrogens (tertiary/aromatic N) is 3. The normalized spacial score (nSPS) is 20.7. The van der Waals surface area contributed by atoms with E-state index in [0.29, 0.717) is 23.1 Å². The number of alkyl halides is 3. The standard InChI is InChI=1S/C11H13BrF3N3O/c1-17-9(12)8(5-16-17)10(19)18-4-2-3-7(6-18)11(13,14)15/h5,7H,2-4,6H2,1H3. The SMILES string of the molecule is Cn1ncc(C(=O)N2CCCC(C(F)(F)F)C2)c1Br. The molecule has 1 saturated heterocycles. The molecular weight excluding hydrogens is 327 g/mol. The lowest BCUT2D eigenvalue weighted by atomic mass is 9.97. The lowest BCUT2D eigenvalue weighted by molar-refractivity contribution is -0.184. The molecule has 0 N–H and O–H groups in total. The predicted molar refractivity (Wildman–Crippen MR) is 65.6 cm³/mol. The maximum absolute atomic E-state index is 12.7. The van der Waals surface area contributed by atoms with Crippen molar-refractivity contribution in [2.75, 3.05) is 13.1 Å². The Labute approximate surface area is 116 Å². The Bertz CT molecular complexity index is 486. The lowest BCUT2D eigenvalue weighted by Crippen LogP contribution is -2.44. The Balaban J connectivity index is 2.14. The van der Waals surface area contributed by atoms with Crippen LogP contribution in [-0.2, 0) is 7.05 Å². The summed E-state index contributed by atoms with van der Waals surface area (Å²) in [6.45, 7) is 0.0798. The second-order valence-corrected chi connectivity index (χ2v) is 5.36. The number of amides is 1. The molecule has 1 amide bonds. The summed E-state index contributed by atoms with van der Waals surface area (Å²) in [5, 5.41) is 3.90. The van der Waals surface area contributed by atoms with Crippen LogP contribution in [0, 0.1) is 5.92 Å². The molecule has 106 valence electrons. The highest BCUT2D eigenvalue weighted by atomic mass is 79.9. The Kier molecular flexibility index (Phi) is 3.89. The molecule has 19 heavy (non-hydrogen) atoms. The molecule has 0 aromatic carbocycles. The van der Waals surface area contributed by atoms with Crippen LogP contribution in [0.4, 0.5) is 13.2 Å². The van der Waals surface area contributed by atoms with E-state index in [1.165, 1.54) is 15.8 Å². The van der Waals surface area contributed by atoms with Crippen LogP contribution >= 0.6 is 15.9 Å². The van der Waals surface area contributed by atoms with E-state index in [2.05, 4.69) is 21.0 Å². The number of hydrogen-bond donors (Lipinski definition) is 0. The molecule has 0 spiro atoms. The third kappa shape index (κ3) is 2.93. The van der Waals surface area contributed by atoms with Crippen LogP contribution in [0.25, 0.3) is 0 Å². The van der Waals surface area contributed by atoms with Gasteiger partial charge in [0, 0.05) is 20.1 Å². The van der Waals surface area contributed by atoms with Crippen molar-refractivity contribution in [2.24, 2.45) is 13.0 Å². The van der Waals surface area contributed by atoms with Gasteiger partial charge in [0.1, 0.15) is 4.60 Å². The number of aryl methyl sites for hydroxylation is 1. The second-order valence-electron chi connectivity index (χ2n) is 4.60. The number of rotatable bonds is 1. The maximum atomic E-state index is 12.7. The van der Waals surface area contributed by atoms with Crippen LogP contribution in [-0.4, -0.2) is 39.9 Å². The van der Waals surface area contributed by atoms with Gasteiger partial charge in [-0.2, -0.15) is 18.3 Å². The first-order valence-corrected chi connectivity index (χ1v) is 6.63. The summed E-state index contributed by atoms with van der Waals surface area (Å²) in [6, 6.07) is 0. The van der Waals surface area contributed by atoms with E-state index in [1.807, 2.05) is 0 Å². The van der Waals surface area contributed by atoms with Crippen molar-refractivity contribution in [1.82, 2.24) is 14.7 Å². The van der Waals surface area contributed by atoms with Gasteiger partial charge in [0.05, 0.1) is 17.7 Å². The number of carbonyl (C=O) groups excluding carboxylic acids is 1. The van der Waals surface area contributed by atoms with Gasteiger partial charge in [-0.05, 0) is 28.8 Å². The summed E-state index contributed by atoms with van der Waals surface area (Å²) in [5.41, 5.74) is 0.297. The summed E-state index contributed by atoms with van der Waals surface area (Å²) >= 11 is 3.20. The van der Waals surface area contributed by atoms with Crippen molar-refractivity contribution >= 4 is 21.8 Å². The van der Waals surface area contributed by atoms with Gasteiger partial charge in [-0.25, -0.2) is 0 Å². The van der Waals surface area contributed by atoms with Crippen LogP contribution in [0.1, 0.15) is 23.2 Å². The predicted octanol–water partition coefficient (Wildman–Crippen LogP) is 2.60. The number of piperidine rings is 1. The molecule has 1 unspecified atom stereocenters. The quantitative estimate of drug-likeness (QED) is 0.788. The van der Waals surface area contributed by atoms with Crippen LogP contribution in [0.5, 0.6) is 0 Å². The first-order valence-electron chi connectivity index (χ1n) is 5.84. The number of aromatic nitrogens is 2. The highest BCUT2D eigenvalue weighted by Gasteiger charge is 2.43. The number of hydrogen-bond acceptors (Lipinski definition) is 2. The molecule has 1 aliphatic heterocycles. The molecule has 8 heteroatoms. The largest absolute Gasteiger partial charge is 0.393 e. The molecule has 1 atom stereocenters. The Hall–Kier alpha value is -1.05. The van der Waals surface area contributed by atoms with Gasteiger partial charge in [0.2, 0.25) is 0 Å². The minimum absolute atomic E-state index is 0.0848. The maximum Gasteiger partial charge on any atom is 0.393 e. The molecule has 0 radical (unpaired) electrons. The Morgan fingerprint density at radius 1 is 1.53 bits per heavy atom. The molecular formula is C11H13BrF3N3O. The van der Waals surface area contributed by atoms with Crippen molar-refractivity contribution in [3.05, 3.63) is 16.4 Å². The van der Waals surface area contributed by atoms with Crippen LogP contribution < -0.4 is 0 Å². The van der Waals surface area contributed by atoms with Crippen molar-refractivity contribution in [3.8, 4) is 0 Å². The van der Waals surface area contributed by atoms with E-state index in [1.54, 1.807) is 7.05 Å². The third-order valence-corrected chi connectivity index (χ3v) is 4.21. The summed E-state index contributed by atoms with van der Waals surface area (Å²) in [7, 11) is 1.65. The molecule has 2 rings (SSSR count). The molecule has 0 aliphatic carbocycles. The van der Waals surface area contributed by atoms with E-state index in [-0.39, 0.29) is 13.0 Å². The number of carbonyl (C=O) groups is 1. The first kappa shape index (κ1) is 14.4. The van der Waals surface area contributed by atoms with Crippen LogP contribution in [0.15, 0.2) is 10.8 Å². The lowest BCUT2D eigenvalue weighted by Gasteiger charge is -2.33. The number of likely N-dealkylation sites (tertiary alicyclic amines) is 1. The average molecular weight is 340 g/mol. The fraction of sp³-hybridized carbons (Fsp3) is 0.636. The van der Waals surface area contributed by atoms with E-state index in [4.69, 9.17) is 0 Å². The fourth-order valence-corrected chi connectivity index (χ4v) is 2.53. The molecule has 4 nitrogen and oxygen atoms in total. The smallest absolute Gasteiger partial charge is 0.338 e. The van der Waals surface area contributed by atoms with Crippen molar-refractivity contribution < 1.29 is 18.0 Å². The average Bonchev–Trinajstić information content (AvgIpc) is 2.68. The zero-order chi connectivity index (χ0) is 14.2. The molecule has 1 aromatic heterocycles. The summed E-state index contributed by atoms with van der Waals surface area (Å²) in [5.74, 6) is -1.84. The van der Waals surface area contributed by atoms with Crippen LogP contribution in [0.3, 0.4) is 0 Å². The van der Waals surface area contributed by atoms with Crippen molar-refractivity contribution in [2.45, 2.75) is 19.0 Å². The summed E-state index contributed by atoms with van der Waals surface area (Å²) < 4.78 is 40.0. The highest BCUT2D eigenvalue weighted by molar-refractivity contribution is 9.10. The molecule has 2 heterocycles. The van der Waals surface area contributed by atoms with Gasteiger partial charge in [0.15, 0.2) is 0 Å². The van der Waals surface area contributed by atoms with Crippen LogP contribution in [0.2, 0.25) is 0 Å². The topological polar surface area (TPSA) is 38.1 Å². The van der Waals surface area contributed by atoms with E-state index >= 15 is 0 Å². The monoisotopic (exact) mass is 339 g/mol. The third-order valence-electron chi connectivity index (χ3n) is 3.27. The zero-order valence-electron chi connectivity index (χ0n) is 10.2. The van der Waals surface area contributed by atoms with Gasteiger partial charge in [0.25, 0.3) is 5.91 Å². The molecule has 1 aromatic rings. The summed E-state index contributed by atoms with van der Waals surface area (Å²) in [4.78, 5) is 13.4. The molecule has 1 aliphatic rings. The van der Waals surface area contributed by atoms with Crippen molar-refractivity contribution in [1.29, 1.82) is 0 Å². The Morgan fingerprint density at radius 2 is 2.21 bits per heavy atom. The van der Waals surface area contributed by atoms with Gasteiger partial charge < -0.3 is 4.90 Å². The van der Waals surface area contributed by atoms with Gasteiger partial charge >= 0.3 is 6.18 Å². The molecule has 0 saturated carbocycles. The van der Waals surface area contributed by atoms with Gasteiger partial charge in [-0.1, -0.05) is 0 Å². The van der Waals surface area contributed by atoms with Gasteiger partial charge in [-0.15, -0.1) is 0 Å². The highest BCUT2D eigenvalue weighted by Crippen LogP contribution is 2.33. The molecule has 0 bridgehead atoms. The van der Waals surface area contributed by atoms with E-state index in [9.17, 15) is 18.0 Å². The van der Waals surface area contributed by atoms with E-state index < -0.39 is 18.0 Å². The minimum atomic E-state index is -4.24. The van der Waals surface area contributed by atoms with Crippen molar-refractivity contribution in [3.63, 3.8) is 0 Å². The van der Waals surface area contributed by atoms with E-state index in [0.717, 1.165) is 0 Å². The van der Waals surface area contributed by atoms with Gasteiger partial charge in [-0.3, -0.25) is 9.48 Å². The Morgan fingerprint density at radius 3 is 2.74 bits per heavy atom. The summed E-state index contributed by atoms with van der Waals surface area (Å²) in [6.07, 6.45) is -2.43. The first-order chi connectivity index (χ1) is 8.80. The second kappa shape index (κ2) is 5.15.